The van der Waals surface area contributed by atoms with E-state index in [2.05, 4.69) is 15.9 Å². The maximum Gasteiger partial charge on any atom is 0.155 e. The lowest BCUT2D eigenvalue weighted by Gasteiger charge is -1.77. The van der Waals surface area contributed by atoms with Gasteiger partial charge in [-0.1, -0.05) is 22.9 Å². The van der Waals surface area contributed by atoms with Crippen molar-refractivity contribution >= 4 is 21.7 Å². The van der Waals surface area contributed by atoms with Crippen molar-refractivity contribution in [3.8, 4) is 0 Å². The summed E-state index contributed by atoms with van der Waals surface area (Å²) < 4.78 is 0. The Morgan fingerprint density at radius 2 is 2.43 bits per heavy atom. The fraction of sp³-hybridized carbons (Fsp3) is 0.400. The highest BCUT2D eigenvalue weighted by Gasteiger charge is 1.84. The normalized spacial score (nSPS) is 10.0. The highest BCUT2D eigenvalue weighted by Crippen LogP contribution is 1.86. The fourth-order valence-corrected chi connectivity index (χ4v) is 0.483. The first-order valence-electron chi connectivity index (χ1n) is 2.11. The molecule has 0 aromatic rings. The molecule has 0 amide bonds. The van der Waals surface area contributed by atoms with E-state index in [1.165, 1.54) is 6.08 Å². The molecular formula is C5H7BrO. The van der Waals surface area contributed by atoms with Crippen molar-refractivity contribution in [1.82, 2.24) is 0 Å². The second kappa shape index (κ2) is 4.06. The van der Waals surface area contributed by atoms with Crippen LogP contribution < -0.4 is 0 Å². The van der Waals surface area contributed by atoms with E-state index < -0.39 is 0 Å². The Labute approximate surface area is 51.5 Å². The van der Waals surface area contributed by atoms with Crippen molar-refractivity contribution in [3.63, 3.8) is 0 Å². The molecule has 0 atom stereocenters. The molecule has 0 spiro atoms. The van der Waals surface area contributed by atoms with E-state index in [0.717, 1.165) is 0 Å². The Morgan fingerprint density at radius 1 is 1.86 bits per heavy atom. The van der Waals surface area contributed by atoms with Crippen molar-refractivity contribution in [2.24, 2.45) is 0 Å². The lowest BCUT2D eigenvalue weighted by molar-refractivity contribution is -0.114. The van der Waals surface area contributed by atoms with Gasteiger partial charge in [0.2, 0.25) is 0 Å². The van der Waals surface area contributed by atoms with Crippen LogP contribution in [0.3, 0.4) is 0 Å². The summed E-state index contributed by atoms with van der Waals surface area (Å²) in [4.78, 5) is 11.9. The van der Waals surface area contributed by atoms with E-state index in [1.807, 2.05) is 6.92 Å². The number of carbonyl (C=O) groups is 1. The summed E-state index contributed by atoms with van der Waals surface area (Å²) in [5.74, 6) is 0.150. The van der Waals surface area contributed by atoms with Crippen LogP contribution in [-0.4, -0.2) is 5.78 Å². The van der Waals surface area contributed by atoms with Crippen LogP contribution in [0.4, 0.5) is 0 Å². The molecule has 0 aliphatic heterocycles. The molecule has 0 aliphatic carbocycles. The van der Waals surface area contributed by atoms with Crippen LogP contribution in [0.2, 0.25) is 0 Å². The van der Waals surface area contributed by atoms with Gasteiger partial charge in [0.05, 0.1) is 0 Å². The lowest BCUT2D eigenvalue weighted by atomic mass is 10.3. The van der Waals surface area contributed by atoms with Gasteiger partial charge in [-0.15, -0.1) is 0 Å². The Morgan fingerprint density at radius 3 is 2.57 bits per heavy atom. The molecule has 0 bridgehead atoms. The zero-order chi connectivity index (χ0) is 5.70. The monoisotopic (exact) mass is 162 g/mol. The first kappa shape index (κ1) is 6.89. The van der Waals surface area contributed by atoms with Gasteiger partial charge in [-0.2, -0.15) is 0 Å². The third kappa shape index (κ3) is 3.73. The van der Waals surface area contributed by atoms with Crippen LogP contribution in [0.5, 0.6) is 0 Å². The molecule has 40 valence electrons. The largest absolute Gasteiger partial charge is 0.295 e. The summed E-state index contributed by atoms with van der Waals surface area (Å²) in [6, 6.07) is 0. The zero-order valence-electron chi connectivity index (χ0n) is 4.15. The second-order valence-corrected chi connectivity index (χ2v) is 1.64. The number of hydrogen-bond donors (Lipinski definition) is 0. The minimum atomic E-state index is 0.150. The first-order chi connectivity index (χ1) is 3.31. The highest BCUT2D eigenvalue weighted by atomic mass is 79.9. The molecule has 0 unspecified atom stereocenters. The average molecular weight is 163 g/mol. The predicted molar refractivity (Wildman–Crippen MR) is 33.4 cm³/mol. The van der Waals surface area contributed by atoms with Crippen LogP contribution >= 0.6 is 15.9 Å². The van der Waals surface area contributed by atoms with Crippen LogP contribution in [0.15, 0.2) is 11.1 Å². The Kier molecular flexibility index (Phi) is 4.00. The zero-order valence-corrected chi connectivity index (χ0v) is 5.73. The quantitative estimate of drug-likeness (QED) is 0.568. The number of ketones is 1. The molecule has 1 nitrogen and oxygen atoms in total. The third-order valence-corrected chi connectivity index (χ3v) is 0.862. The van der Waals surface area contributed by atoms with Gasteiger partial charge in [-0.3, -0.25) is 4.79 Å². The molecule has 0 saturated carbocycles. The topological polar surface area (TPSA) is 17.1 Å². The molecule has 0 aromatic heterocycles. The maximum atomic E-state index is 10.3. The third-order valence-electron chi connectivity index (χ3n) is 0.597. The molecule has 0 aliphatic rings. The number of halogens is 1. The van der Waals surface area contributed by atoms with Gasteiger partial charge >= 0.3 is 0 Å². The average Bonchev–Trinajstić information content (AvgIpc) is 1.68. The standard InChI is InChI=1S/C5H7BrO/c1-2-5(7)3-4-6/h3-4H,2H2,1H3/b4-3+. The van der Waals surface area contributed by atoms with Crippen molar-refractivity contribution in [3.05, 3.63) is 11.1 Å². The van der Waals surface area contributed by atoms with E-state index in [0.29, 0.717) is 6.42 Å². The number of allylic oxidation sites excluding steroid dienone is 1. The van der Waals surface area contributed by atoms with Gasteiger partial charge in [0, 0.05) is 6.42 Å². The number of carbonyl (C=O) groups excluding carboxylic acids is 1. The minimum absolute atomic E-state index is 0.150. The molecule has 0 radical (unpaired) electrons. The van der Waals surface area contributed by atoms with Crippen LogP contribution in [0.1, 0.15) is 13.3 Å². The van der Waals surface area contributed by atoms with Crippen LogP contribution in [-0.2, 0) is 4.79 Å². The summed E-state index contributed by atoms with van der Waals surface area (Å²) >= 11 is 2.99. The molecule has 2 heteroatoms. The van der Waals surface area contributed by atoms with E-state index in [9.17, 15) is 4.79 Å². The molecular weight excluding hydrogens is 156 g/mol. The maximum absolute atomic E-state index is 10.3. The SMILES string of the molecule is CCC(=O)/C=C/Br. The van der Waals surface area contributed by atoms with Crippen molar-refractivity contribution < 1.29 is 4.79 Å². The molecule has 0 N–H and O–H groups in total. The summed E-state index contributed by atoms with van der Waals surface area (Å²) in [5, 5.41) is 0. The van der Waals surface area contributed by atoms with Crippen LogP contribution in [0.25, 0.3) is 0 Å². The van der Waals surface area contributed by atoms with Gasteiger partial charge in [-0.05, 0) is 11.1 Å². The first-order valence-corrected chi connectivity index (χ1v) is 3.02. The van der Waals surface area contributed by atoms with Gasteiger partial charge in [0.1, 0.15) is 0 Å². The number of hydrogen-bond acceptors (Lipinski definition) is 1. The van der Waals surface area contributed by atoms with Crippen LogP contribution in [0, 0.1) is 0 Å². The lowest BCUT2D eigenvalue weighted by Crippen LogP contribution is -1.84. The van der Waals surface area contributed by atoms with Crippen molar-refractivity contribution in [2.45, 2.75) is 13.3 Å². The molecule has 0 heterocycles. The van der Waals surface area contributed by atoms with Gasteiger partial charge < -0.3 is 0 Å². The van der Waals surface area contributed by atoms with E-state index in [1.54, 1.807) is 4.99 Å². The number of rotatable bonds is 2. The van der Waals surface area contributed by atoms with Gasteiger partial charge in [0.15, 0.2) is 5.78 Å². The minimum Gasteiger partial charge on any atom is -0.295 e. The molecule has 0 aromatic carbocycles. The summed E-state index contributed by atoms with van der Waals surface area (Å²) in [7, 11) is 0. The van der Waals surface area contributed by atoms with E-state index in [4.69, 9.17) is 0 Å². The van der Waals surface area contributed by atoms with E-state index >= 15 is 0 Å². The molecule has 0 saturated heterocycles. The van der Waals surface area contributed by atoms with Gasteiger partial charge in [0.25, 0.3) is 0 Å². The summed E-state index contributed by atoms with van der Waals surface area (Å²) in [6.07, 6.45) is 2.09. The highest BCUT2D eigenvalue weighted by molar-refractivity contribution is 9.11. The fourth-order valence-electron chi connectivity index (χ4n) is 0.188. The molecule has 0 fully saturated rings. The Balaban J connectivity index is 3.37. The predicted octanol–water partition coefficient (Wildman–Crippen LogP) is 1.87. The van der Waals surface area contributed by atoms with Crippen molar-refractivity contribution in [2.75, 3.05) is 0 Å². The van der Waals surface area contributed by atoms with E-state index in [-0.39, 0.29) is 5.78 Å². The summed E-state index contributed by atoms with van der Waals surface area (Å²) in [6.45, 7) is 1.83. The van der Waals surface area contributed by atoms with Crippen molar-refractivity contribution in [1.29, 1.82) is 0 Å². The molecule has 7 heavy (non-hydrogen) atoms. The Bertz CT molecular complexity index is 86.1. The summed E-state index contributed by atoms with van der Waals surface area (Å²) in [5.41, 5.74) is 0. The Hall–Kier alpha value is -0.110. The second-order valence-electron chi connectivity index (χ2n) is 1.11. The smallest absolute Gasteiger partial charge is 0.155 e. The molecule has 0 rings (SSSR count). The van der Waals surface area contributed by atoms with Gasteiger partial charge in [-0.25, -0.2) is 0 Å².